The number of halogens is 1. The smallest absolute Gasteiger partial charge is 0.127 e. The van der Waals surface area contributed by atoms with E-state index in [0.29, 0.717) is 6.54 Å². The van der Waals surface area contributed by atoms with Gasteiger partial charge in [0.25, 0.3) is 0 Å². The van der Waals surface area contributed by atoms with E-state index < -0.39 is 0 Å². The van der Waals surface area contributed by atoms with Gasteiger partial charge in [-0.15, -0.1) is 0 Å². The van der Waals surface area contributed by atoms with Crippen molar-refractivity contribution >= 4 is 0 Å². The first-order chi connectivity index (χ1) is 7.27. The van der Waals surface area contributed by atoms with Gasteiger partial charge in [-0.05, 0) is 18.6 Å². The van der Waals surface area contributed by atoms with Crippen molar-refractivity contribution in [1.29, 1.82) is 0 Å². The molecule has 0 aliphatic carbocycles. The Morgan fingerprint density at radius 3 is 2.73 bits per heavy atom. The average Bonchev–Trinajstić information content (AvgIpc) is 2.25. The Morgan fingerprint density at radius 1 is 1.33 bits per heavy atom. The number of benzene rings is 1. The largest absolute Gasteiger partial charge is 0.379 e. The van der Waals surface area contributed by atoms with Gasteiger partial charge in [0.2, 0.25) is 0 Å². The minimum absolute atomic E-state index is 0.0958. The Kier molecular flexibility index (Phi) is 3.34. The van der Waals surface area contributed by atoms with E-state index in [9.17, 15) is 4.39 Å². The molecule has 0 radical (unpaired) electrons. The van der Waals surface area contributed by atoms with Crippen LogP contribution in [0.5, 0.6) is 0 Å². The fourth-order valence-electron chi connectivity index (χ4n) is 1.85. The van der Waals surface area contributed by atoms with E-state index in [1.165, 1.54) is 6.07 Å². The van der Waals surface area contributed by atoms with Gasteiger partial charge >= 0.3 is 0 Å². The van der Waals surface area contributed by atoms with E-state index in [1.807, 2.05) is 13.0 Å². The third kappa shape index (κ3) is 2.55. The summed E-state index contributed by atoms with van der Waals surface area (Å²) in [5, 5.41) is 0. The fourth-order valence-corrected chi connectivity index (χ4v) is 1.85. The van der Waals surface area contributed by atoms with Crippen LogP contribution < -0.4 is 0 Å². The first kappa shape index (κ1) is 10.6. The van der Waals surface area contributed by atoms with Crippen LogP contribution in [0.15, 0.2) is 18.2 Å². The van der Waals surface area contributed by atoms with Crippen LogP contribution in [0.25, 0.3) is 0 Å². The molecule has 1 fully saturated rings. The molecule has 1 aliphatic heterocycles. The lowest BCUT2D eigenvalue weighted by Gasteiger charge is -2.27. The molecule has 0 spiro atoms. The zero-order valence-corrected chi connectivity index (χ0v) is 9.00. The van der Waals surface area contributed by atoms with Crippen LogP contribution in [0.3, 0.4) is 0 Å². The van der Waals surface area contributed by atoms with Crippen molar-refractivity contribution in [3.63, 3.8) is 0 Å². The van der Waals surface area contributed by atoms with Gasteiger partial charge in [0.15, 0.2) is 0 Å². The van der Waals surface area contributed by atoms with Crippen LogP contribution >= 0.6 is 0 Å². The van der Waals surface area contributed by atoms with Crippen molar-refractivity contribution in [2.45, 2.75) is 13.5 Å². The molecule has 82 valence electrons. The number of ether oxygens (including phenoxy) is 1. The van der Waals surface area contributed by atoms with E-state index in [4.69, 9.17) is 4.74 Å². The summed E-state index contributed by atoms with van der Waals surface area (Å²) >= 11 is 0. The van der Waals surface area contributed by atoms with E-state index in [2.05, 4.69) is 4.90 Å². The number of aryl methyl sites for hydroxylation is 1. The molecule has 0 bridgehead atoms. The van der Waals surface area contributed by atoms with Crippen molar-refractivity contribution in [2.24, 2.45) is 0 Å². The molecule has 0 aromatic heterocycles. The summed E-state index contributed by atoms with van der Waals surface area (Å²) in [6.45, 7) is 5.96. The van der Waals surface area contributed by atoms with Crippen LogP contribution in [0.4, 0.5) is 4.39 Å². The summed E-state index contributed by atoms with van der Waals surface area (Å²) in [6.07, 6.45) is 0. The maximum absolute atomic E-state index is 13.5. The minimum Gasteiger partial charge on any atom is -0.379 e. The van der Waals surface area contributed by atoms with Crippen molar-refractivity contribution in [1.82, 2.24) is 4.90 Å². The van der Waals surface area contributed by atoms with Gasteiger partial charge in [-0.2, -0.15) is 0 Å². The zero-order chi connectivity index (χ0) is 10.7. The zero-order valence-electron chi connectivity index (χ0n) is 9.00. The van der Waals surface area contributed by atoms with E-state index in [1.54, 1.807) is 6.07 Å². The first-order valence-electron chi connectivity index (χ1n) is 5.31. The second-order valence-corrected chi connectivity index (χ2v) is 3.92. The van der Waals surface area contributed by atoms with Gasteiger partial charge in [0, 0.05) is 25.2 Å². The average molecular weight is 209 g/mol. The molecule has 0 atom stereocenters. The van der Waals surface area contributed by atoms with Crippen LogP contribution in [0.2, 0.25) is 0 Å². The molecule has 2 nitrogen and oxygen atoms in total. The topological polar surface area (TPSA) is 12.5 Å². The lowest BCUT2D eigenvalue weighted by molar-refractivity contribution is 0.0336. The monoisotopic (exact) mass is 209 g/mol. The highest BCUT2D eigenvalue weighted by atomic mass is 19.1. The summed E-state index contributed by atoms with van der Waals surface area (Å²) in [5.41, 5.74) is 1.85. The highest BCUT2D eigenvalue weighted by molar-refractivity contribution is 5.27. The maximum Gasteiger partial charge on any atom is 0.127 e. The number of hydrogen-bond donors (Lipinski definition) is 0. The van der Waals surface area contributed by atoms with Crippen molar-refractivity contribution in [3.05, 3.63) is 35.1 Å². The molecule has 1 saturated heterocycles. The van der Waals surface area contributed by atoms with Crippen LogP contribution in [0.1, 0.15) is 11.1 Å². The highest BCUT2D eigenvalue weighted by Gasteiger charge is 2.13. The Hall–Kier alpha value is -0.930. The van der Waals surface area contributed by atoms with Crippen LogP contribution in [-0.2, 0) is 11.3 Å². The summed E-state index contributed by atoms with van der Waals surface area (Å²) in [4.78, 5) is 2.23. The predicted octanol–water partition coefficient (Wildman–Crippen LogP) is 1.97. The third-order valence-corrected chi connectivity index (χ3v) is 2.84. The van der Waals surface area contributed by atoms with Gasteiger partial charge in [-0.1, -0.05) is 12.1 Å². The minimum atomic E-state index is -0.0958. The normalized spacial score (nSPS) is 18.0. The molecule has 0 saturated carbocycles. The molecule has 2 rings (SSSR count). The Balaban J connectivity index is 2.09. The maximum atomic E-state index is 13.5. The lowest BCUT2D eigenvalue weighted by Crippen LogP contribution is -2.36. The van der Waals surface area contributed by atoms with E-state index >= 15 is 0 Å². The molecule has 0 amide bonds. The predicted molar refractivity (Wildman–Crippen MR) is 57.2 cm³/mol. The molecule has 15 heavy (non-hydrogen) atoms. The van der Waals surface area contributed by atoms with Crippen molar-refractivity contribution < 1.29 is 9.13 Å². The Labute approximate surface area is 89.7 Å². The van der Waals surface area contributed by atoms with E-state index in [0.717, 1.165) is 37.4 Å². The number of hydrogen-bond acceptors (Lipinski definition) is 2. The number of morpholine rings is 1. The van der Waals surface area contributed by atoms with Crippen molar-refractivity contribution in [2.75, 3.05) is 26.3 Å². The Morgan fingerprint density at radius 2 is 2.07 bits per heavy atom. The summed E-state index contributed by atoms with van der Waals surface area (Å²) < 4.78 is 18.8. The second-order valence-electron chi connectivity index (χ2n) is 3.92. The molecule has 3 heteroatoms. The summed E-state index contributed by atoms with van der Waals surface area (Å²) in [5.74, 6) is -0.0958. The highest BCUT2D eigenvalue weighted by Crippen LogP contribution is 2.15. The van der Waals surface area contributed by atoms with Crippen LogP contribution in [0, 0.1) is 12.7 Å². The van der Waals surface area contributed by atoms with Gasteiger partial charge in [0.05, 0.1) is 13.2 Å². The van der Waals surface area contributed by atoms with Gasteiger partial charge in [-0.25, -0.2) is 4.39 Å². The van der Waals surface area contributed by atoms with Crippen LogP contribution in [-0.4, -0.2) is 31.2 Å². The van der Waals surface area contributed by atoms with Gasteiger partial charge in [0.1, 0.15) is 5.82 Å². The first-order valence-corrected chi connectivity index (χ1v) is 5.31. The standard InChI is InChI=1S/C12H16FNO/c1-10-3-2-4-12(13)11(10)9-14-5-7-15-8-6-14/h2-4H,5-9H2,1H3. The molecule has 0 unspecified atom stereocenters. The second kappa shape index (κ2) is 4.73. The SMILES string of the molecule is Cc1cccc(F)c1CN1CCOCC1. The molecule has 1 aromatic carbocycles. The molecule has 1 aromatic rings. The van der Waals surface area contributed by atoms with E-state index in [-0.39, 0.29) is 5.82 Å². The molecular weight excluding hydrogens is 193 g/mol. The van der Waals surface area contributed by atoms with Gasteiger partial charge < -0.3 is 4.74 Å². The fraction of sp³-hybridized carbons (Fsp3) is 0.500. The molecule has 0 N–H and O–H groups in total. The van der Waals surface area contributed by atoms with Crippen molar-refractivity contribution in [3.8, 4) is 0 Å². The number of rotatable bonds is 2. The quantitative estimate of drug-likeness (QED) is 0.738. The Bertz CT molecular complexity index is 314. The summed E-state index contributed by atoms with van der Waals surface area (Å²) in [6, 6.07) is 5.25. The summed E-state index contributed by atoms with van der Waals surface area (Å²) in [7, 11) is 0. The third-order valence-electron chi connectivity index (χ3n) is 2.84. The van der Waals surface area contributed by atoms with Gasteiger partial charge in [-0.3, -0.25) is 4.90 Å². The molecule has 1 aliphatic rings. The number of nitrogens with zero attached hydrogens (tertiary/aromatic N) is 1. The molecule has 1 heterocycles. The molecular formula is C12H16FNO. The lowest BCUT2D eigenvalue weighted by atomic mass is 10.1.